The highest BCUT2D eigenvalue weighted by Crippen LogP contribution is 1.82. The van der Waals surface area contributed by atoms with Gasteiger partial charge in [-0.1, -0.05) is 19.6 Å². The molecule has 0 heterocycles. The molecule has 15 heavy (non-hydrogen) atoms. The highest BCUT2D eigenvalue weighted by atomic mass is 16.5. The van der Waals surface area contributed by atoms with Crippen molar-refractivity contribution in [3.63, 3.8) is 0 Å². The number of hydrogen-bond donors (Lipinski definition) is 1. The lowest BCUT2D eigenvalue weighted by Gasteiger charge is -1.94. The number of rotatable bonds is 5. The standard InChI is InChI=1S/C6H10O2.C4H6O3/c1-3-5-8-6(7)4-2;1-3(5)2-4(6)7/h3H,1,4-5H2,2H3;2H2,1H3,(H,6,7). The van der Waals surface area contributed by atoms with E-state index in [9.17, 15) is 14.4 Å². The van der Waals surface area contributed by atoms with Gasteiger partial charge in [-0.15, -0.1) is 0 Å². The Bertz CT molecular complexity index is 220. The lowest BCUT2D eigenvalue weighted by Crippen LogP contribution is -2.00. The topological polar surface area (TPSA) is 80.7 Å². The molecule has 0 aromatic rings. The van der Waals surface area contributed by atoms with Crippen molar-refractivity contribution in [2.24, 2.45) is 0 Å². The lowest BCUT2D eigenvalue weighted by atomic mass is 10.3. The molecule has 0 radical (unpaired) electrons. The van der Waals surface area contributed by atoms with Crippen LogP contribution in [0.15, 0.2) is 12.7 Å². The predicted molar refractivity (Wildman–Crippen MR) is 54.4 cm³/mol. The monoisotopic (exact) mass is 216 g/mol. The fourth-order valence-electron chi connectivity index (χ4n) is 0.467. The first-order valence-corrected chi connectivity index (χ1v) is 4.41. The molecule has 86 valence electrons. The lowest BCUT2D eigenvalue weighted by molar-refractivity contribution is -0.142. The summed E-state index contributed by atoms with van der Waals surface area (Å²) in [6, 6.07) is 0. The van der Waals surface area contributed by atoms with Crippen molar-refractivity contribution in [1.82, 2.24) is 0 Å². The first-order valence-electron chi connectivity index (χ1n) is 4.41. The molecule has 0 aliphatic heterocycles. The van der Waals surface area contributed by atoms with Crippen LogP contribution in [0.1, 0.15) is 26.7 Å². The second kappa shape index (κ2) is 10.4. The normalized spacial score (nSPS) is 8.13. The van der Waals surface area contributed by atoms with E-state index < -0.39 is 5.97 Å². The molecule has 0 atom stereocenters. The van der Waals surface area contributed by atoms with Gasteiger partial charge in [0.25, 0.3) is 0 Å². The summed E-state index contributed by atoms with van der Waals surface area (Å²) in [5, 5.41) is 7.86. The van der Waals surface area contributed by atoms with Gasteiger partial charge in [0.05, 0.1) is 0 Å². The number of aliphatic carboxylic acids is 1. The number of carboxylic acids is 1. The number of ether oxygens (including phenoxy) is 1. The second-order valence-corrected chi connectivity index (χ2v) is 2.60. The van der Waals surface area contributed by atoms with Crippen molar-refractivity contribution >= 4 is 17.7 Å². The second-order valence-electron chi connectivity index (χ2n) is 2.60. The minimum atomic E-state index is -1.06. The summed E-state index contributed by atoms with van der Waals surface area (Å²) < 4.78 is 4.58. The minimum absolute atomic E-state index is 0.176. The largest absolute Gasteiger partial charge is 0.481 e. The molecular formula is C10H16O5. The number of Topliss-reactive ketones (excluding diaryl/α,β-unsaturated/α-hetero) is 1. The molecule has 0 rings (SSSR count). The summed E-state index contributed by atoms with van der Waals surface area (Å²) in [5.74, 6) is -1.55. The average molecular weight is 216 g/mol. The Morgan fingerprint density at radius 1 is 1.40 bits per heavy atom. The third kappa shape index (κ3) is 19.0. The van der Waals surface area contributed by atoms with Gasteiger partial charge in [0.15, 0.2) is 0 Å². The van der Waals surface area contributed by atoms with Crippen LogP contribution >= 0.6 is 0 Å². The molecule has 0 aromatic carbocycles. The Balaban J connectivity index is 0. The fourth-order valence-corrected chi connectivity index (χ4v) is 0.467. The quantitative estimate of drug-likeness (QED) is 0.424. The van der Waals surface area contributed by atoms with Gasteiger partial charge in [-0.3, -0.25) is 14.4 Å². The van der Waals surface area contributed by atoms with E-state index in [0.717, 1.165) is 0 Å². The van der Waals surface area contributed by atoms with Crippen LogP contribution in [0.25, 0.3) is 0 Å². The number of hydrogen-bond acceptors (Lipinski definition) is 4. The van der Waals surface area contributed by atoms with E-state index >= 15 is 0 Å². The molecule has 0 aromatic heterocycles. The summed E-state index contributed by atoms with van der Waals surface area (Å²) in [6.07, 6.45) is 1.63. The van der Waals surface area contributed by atoms with Crippen LogP contribution in [-0.4, -0.2) is 29.4 Å². The molecular weight excluding hydrogens is 200 g/mol. The SMILES string of the molecule is C=CCOC(=O)CC.CC(=O)CC(=O)O. The van der Waals surface area contributed by atoms with Gasteiger partial charge in [0, 0.05) is 6.42 Å². The van der Waals surface area contributed by atoms with Crippen molar-refractivity contribution in [2.45, 2.75) is 26.7 Å². The Morgan fingerprint density at radius 2 is 1.93 bits per heavy atom. The molecule has 0 unspecified atom stereocenters. The van der Waals surface area contributed by atoms with Gasteiger partial charge < -0.3 is 9.84 Å². The fraction of sp³-hybridized carbons (Fsp3) is 0.500. The summed E-state index contributed by atoms with van der Waals surface area (Å²) in [5.41, 5.74) is 0. The number of ketones is 1. The van der Waals surface area contributed by atoms with Crippen LogP contribution in [0.4, 0.5) is 0 Å². The Hall–Kier alpha value is -1.65. The minimum Gasteiger partial charge on any atom is -0.481 e. The highest BCUT2D eigenvalue weighted by molar-refractivity contribution is 5.93. The third-order valence-corrected chi connectivity index (χ3v) is 1.05. The number of esters is 1. The third-order valence-electron chi connectivity index (χ3n) is 1.05. The van der Waals surface area contributed by atoms with Crippen molar-refractivity contribution < 1.29 is 24.2 Å². The van der Waals surface area contributed by atoms with E-state index in [4.69, 9.17) is 5.11 Å². The van der Waals surface area contributed by atoms with Crippen LogP contribution < -0.4 is 0 Å². The average Bonchev–Trinajstić information content (AvgIpc) is 2.12. The highest BCUT2D eigenvalue weighted by Gasteiger charge is 1.98. The Labute approximate surface area is 88.7 Å². The zero-order valence-electron chi connectivity index (χ0n) is 8.99. The maximum Gasteiger partial charge on any atom is 0.310 e. The number of carbonyl (C=O) groups is 3. The Kier molecular flexibility index (Phi) is 11.0. The van der Waals surface area contributed by atoms with Crippen molar-refractivity contribution in [3.05, 3.63) is 12.7 Å². The van der Waals surface area contributed by atoms with Crippen LogP contribution in [-0.2, 0) is 19.1 Å². The van der Waals surface area contributed by atoms with E-state index in [1.54, 1.807) is 13.0 Å². The van der Waals surface area contributed by atoms with Gasteiger partial charge in [-0.2, -0.15) is 0 Å². The molecule has 5 nitrogen and oxygen atoms in total. The first-order chi connectivity index (χ1) is 6.93. The smallest absolute Gasteiger partial charge is 0.310 e. The van der Waals surface area contributed by atoms with Gasteiger partial charge in [0.2, 0.25) is 0 Å². The van der Waals surface area contributed by atoms with Crippen LogP contribution in [0.5, 0.6) is 0 Å². The summed E-state index contributed by atoms with van der Waals surface area (Å²) >= 11 is 0. The molecule has 0 aliphatic rings. The van der Waals surface area contributed by atoms with Crippen LogP contribution in [0.3, 0.4) is 0 Å². The summed E-state index contributed by atoms with van der Waals surface area (Å²) in [7, 11) is 0. The van der Waals surface area contributed by atoms with Crippen LogP contribution in [0.2, 0.25) is 0 Å². The maximum atomic E-state index is 10.3. The molecule has 0 spiro atoms. The van der Waals surface area contributed by atoms with Gasteiger partial charge in [0.1, 0.15) is 18.8 Å². The zero-order valence-corrected chi connectivity index (χ0v) is 8.99. The molecule has 0 bridgehead atoms. The van der Waals surface area contributed by atoms with E-state index in [1.165, 1.54) is 6.92 Å². The Morgan fingerprint density at radius 3 is 2.13 bits per heavy atom. The van der Waals surface area contributed by atoms with Crippen LogP contribution in [0, 0.1) is 0 Å². The zero-order chi connectivity index (χ0) is 12.3. The summed E-state index contributed by atoms with van der Waals surface area (Å²) in [4.78, 5) is 29.8. The van der Waals surface area contributed by atoms with E-state index in [0.29, 0.717) is 13.0 Å². The maximum absolute atomic E-state index is 10.3. The number of carboxylic acid groups (broad SMARTS) is 1. The molecule has 0 saturated heterocycles. The van der Waals surface area contributed by atoms with Crippen molar-refractivity contribution in [1.29, 1.82) is 0 Å². The first kappa shape index (κ1) is 15.8. The van der Waals surface area contributed by atoms with Gasteiger partial charge in [-0.25, -0.2) is 0 Å². The molecule has 0 amide bonds. The molecule has 0 fully saturated rings. The molecule has 0 saturated carbocycles. The molecule has 0 aliphatic carbocycles. The van der Waals surface area contributed by atoms with Crippen molar-refractivity contribution in [2.75, 3.05) is 6.61 Å². The van der Waals surface area contributed by atoms with E-state index in [1.807, 2.05) is 0 Å². The molecule has 1 N–H and O–H groups in total. The van der Waals surface area contributed by atoms with Crippen molar-refractivity contribution in [3.8, 4) is 0 Å². The number of carbonyl (C=O) groups excluding carboxylic acids is 2. The van der Waals surface area contributed by atoms with E-state index in [-0.39, 0.29) is 18.2 Å². The predicted octanol–water partition coefficient (Wildman–Crippen LogP) is 1.18. The summed E-state index contributed by atoms with van der Waals surface area (Å²) in [6.45, 7) is 6.72. The van der Waals surface area contributed by atoms with Gasteiger partial charge >= 0.3 is 11.9 Å². The van der Waals surface area contributed by atoms with Gasteiger partial charge in [-0.05, 0) is 6.92 Å². The van der Waals surface area contributed by atoms with E-state index in [2.05, 4.69) is 11.3 Å². The molecule has 5 heteroatoms.